The zero-order valence-corrected chi connectivity index (χ0v) is 17.2. The van der Waals surface area contributed by atoms with Crippen LogP contribution < -0.4 is 14.8 Å². The van der Waals surface area contributed by atoms with Crippen molar-refractivity contribution in [1.29, 1.82) is 0 Å². The number of aromatic nitrogens is 2. The molecule has 2 saturated heterocycles. The van der Waals surface area contributed by atoms with E-state index in [0.29, 0.717) is 34.8 Å². The van der Waals surface area contributed by atoms with Crippen LogP contribution in [0.4, 0.5) is 0 Å². The van der Waals surface area contributed by atoms with Gasteiger partial charge in [0.25, 0.3) is 5.91 Å². The Morgan fingerprint density at radius 1 is 1.17 bits per heavy atom. The number of amides is 1. The predicted octanol–water partition coefficient (Wildman–Crippen LogP) is 3.09. The third kappa shape index (κ3) is 4.24. The van der Waals surface area contributed by atoms with Crippen LogP contribution in [0.1, 0.15) is 42.6 Å². The van der Waals surface area contributed by atoms with Crippen LogP contribution in [-0.4, -0.2) is 60.9 Å². The van der Waals surface area contributed by atoms with E-state index >= 15 is 0 Å². The van der Waals surface area contributed by atoms with Crippen LogP contribution in [0.15, 0.2) is 24.3 Å². The van der Waals surface area contributed by atoms with E-state index in [-0.39, 0.29) is 5.91 Å². The quantitative estimate of drug-likeness (QED) is 0.782. The van der Waals surface area contributed by atoms with Crippen molar-refractivity contribution in [2.75, 3.05) is 33.9 Å². The summed E-state index contributed by atoms with van der Waals surface area (Å²) in [6.07, 6.45) is 6.29. The van der Waals surface area contributed by atoms with Gasteiger partial charge in [-0.2, -0.15) is 5.10 Å². The molecule has 7 heteroatoms. The van der Waals surface area contributed by atoms with E-state index in [1.54, 1.807) is 20.3 Å². The number of ether oxygens (including phenoxy) is 2. The second kappa shape index (κ2) is 8.86. The van der Waals surface area contributed by atoms with Crippen LogP contribution >= 0.6 is 0 Å². The number of carbonyl (C=O) groups excluding carboxylic acids is 1. The van der Waals surface area contributed by atoms with Crippen molar-refractivity contribution in [3.05, 3.63) is 30.0 Å². The molecule has 0 saturated carbocycles. The Labute approximate surface area is 171 Å². The Morgan fingerprint density at radius 3 is 2.86 bits per heavy atom. The molecular weight excluding hydrogens is 368 g/mol. The average Bonchev–Trinajstić information content (AvgIpc) is 3.27. The molecule has 0 bridgehead atoms. The van der Waals surface area contributed by atoms with E-state index in [9.17, 15) is 4.79 Å². The van der Waals surface area contributed by atoms with Gasteiger partial charge in [0, 0.05) is 24.2 Å². The maximum absolute atomic E-state index is 12.7. The van der Waals surface area contributed by atoms with Crippen molar-refractivity contribution in [1.82, 2.24) is 20.4 Å². The highest BCUT2D eigenvalue weighted by Gasteiger charge is 2.33. The molecule has 1 aromatic heterocycles. The fourth-order valence-electron chi connectivity index (χ4n) is 4.72. The summed E-state index contributed by atoms with van der Waals surface area (Å²) in [6, 6.07) is 7.94. The predicted molar refractivity (Wildman–Crippen MR) is 111 cm³/mol. The summed E-state index contributed by atoms with van der Waals surface area (Å²) in [6.45, 7) is 3.14. The summed E-state index contributed by atoms with van der Waals surface area (Å²) >= 11 is 0. The van der Waals surface area contributed by atoms with Gasteiger partial charge in [-0.1, -0.05) is 6.42 Å². The number of fused-ring (bicyclic) bond motifs is 1. The number of nitrogens with one attached hydrogen (secondary N) is 2. The lowest BCUT2D eigenvalue weighted by molar-refractivity contribution is 0.0575. The van der Waals surface area contributed by atoms with Gasteiger partial charge in [0.15, 0.2) is 0 Å². The first-order valence-corrected chi connectivity index (χ1v) is 10.5. The summed E-state index contributed by atoms with van der Waals surface area (Å²) in [5.74, 6) is 1.80. The van der Waals surface area contributed by atoms with Gasteiger partial charge in [-0.3, -0.25) is 9.89 Å². The first-order chi connectivity index (χ1) is 14.2. The molecule has 156 valence electrons. The number of hydrogen-bond acceptors (Lipinski definition) is 5. The Bertz CT molecular complexity index is 848. The fraction of sp³-hybridized carbons (Fsp3) is 0.545. The van der Waals surface area contributed by atoms with Gasteiger partial charge in [0.05, 0.1) is 19.9 Å². The summed E-state index contributed by atoms with van der Waals surface area (Å²) in [7, 11) is 3.22. The number of hydrogen-bond donors (Lipinski definition) is 2. The molecule has 2 atom stereocenters. The van der Waals surface area contributed by atoms with Crippen LogP contribution in [0.2, 0.25) is 0 Å². The normalized spacial score (nSPS) is 22.0. The lowest BCUT2D eigenvalue weighted by Crippen LogP contribution is -2.51. The number of methoxy groups -OCH3 is 2. The fourth-order valence-corrected chi connectivity index (χ4v) is 4.72. The lowest BCUT2D eigenvalue weighted by Gasteiger charge is -2.44. The van der Waals surface area contributed by atoms with Gasteiger partial charge in [-0.25, -0.2) is 0 Å². The molecule has 4 rings (SSSR count). The van der Waals surface area contributed by atoms with Crippen molar-refractivity contribution in [3.8, 4) is 22.8 Å². The highest BCUT2D eigenvalue weighted by molar-refractivity contribution is 5.93. The van der Waals surface area contributed by atoms with Gasteiger partial charge >= 0.3 is 0 Å². The standard InChI is InChI=1S/C22H30N4O3/c1-28-16-8-9-17(21(12-16)29-2)18-13-19(25-24-18)22(27)23-14-15-6-5-11-26-10-4-3-7-20(15)26/h8-9,12-13,15,20H,3-7,10-11,14H2,1-2H3,(H,23,27)(H,24,25)/t15-,20-/m1/s1. The maximum Gasteiger partial charge on any atom is 0.269 e. The Kier molecular flexibility index (Phi) is 6.04. The monoisotopic (exact) mass is 398 g/mol. The average molecular weight is 399 g/mol. The highest BCUT2D eigenvalue weighted by atomic mass is 16.5. The summed E-state index contributed by atoms with van der Waals surface area (Å²) in [4.78, 5) is 15.3. The second-order valence-electron chi connectivity index (χ2n) is 7.94. The van der Waals surface area contributed by atoms with Gasteiger partial charge < -0.3 is 19.7 Å². The minimum Gasteiger partial charge on any atom is -0.497 e. The number of aromatic amines is 1. The zero-order chi connectivity index (χ0) is 20.2. The third-order valence-electron chi connectivity index (χ3n) is 6.26. The van der Waals surface area contributed by atoms with E-state index in [2.05, 4.69) is 20.4 Å². The van der Waals surface area contributed by atoms with Crippen LogP contribution in [0, 0.1) is 5.92 Å². The SMILES string of the molecule is COc1ccc(-c2cc(C(=O)NC[C@H]3CCCN4CCCC[C@H]34)[nH]n2)c(OC)c1. The first-order valence-electron chi connectivity index (χ1n) is 10.5. The zero-order valence-electron chi connectivity index (χ0n) is 17.2. The van der Waals surface area contributed by atoms with Crippen molar-refractivity contribution in [3.63, 3.8) is 0 Å². The van der Waals surface area contributed by atoms with E-state index in [4.69, 9.17) is 9.47 Å². The van der Waals surface area contributed by atoms with Gasteiger partial charge in [-0.05, 0) is 62.9 Å². The van der Waals surface area contributed by atoms with Crippen molar-refractivity contribution in [2.24, 2.45) is 5.92 Å². The van der Waals surface area contributed by atoms with Gasteiger partial charge in [0.2, 0.25) is 0 Å². The molecule has 29 heavy (non-hydrogen) atoms. The van der Waals surface area contributed by atoms with Crippen molar-refractivity contribution in [2.45, 2.75) is 38.1 Å². The molecule has 2 fully saturated rings. The van der Waals surface area contributed by atoms with Gasteiger partial charge in [0.1, 0.15) is 17.2 Å². The van der Waals surface area contributed by atoms with Crippen LogP contribution in [0.3, 0.4) is 0 Å². The summed E-state index contributed by atoms with van der Waals surface area (Å²) < 4.78 is 10.7. The number of benzene rings is 1. The Balaban J connectivity index is 1.41. The van der Waals surface area contributed by atoms with E-state index in [1.165, 1.54) is 45.2 Å². The van der Waals surface area contributed by atoms with E-state index in [1.807, 2.05) is 18.2 Å². The number of H-pyrrole nitrogens is 1. The van der Waals surface area contributed by atoms with E-state index < -0.39 is 0 Å². The molecular formula is C22H30N4O3. The smallest absolute Gasteiger partial charge is 0.269 e. The number of carbonyl (C=O) groups is 1. The lowest BCUT2D eigenvalue weighted by atomic mass is 9.83. The molecule has 3 heterocycles. The highest BCUT2D eigenvalue weighted by Crippen LogP contribution is 2.33. The maximum atomic E-state index is 12.7. The van der Waals surface area contributed by atoms with Crippen molar-refractivity contribution < 1.29 is 14.3 Å². The van der Waals surface area contributed by atoms with Crippen LogP contribution in [-0.2, 0) is 0 Å². The topological polar surface area (TPSA) is 79.5 Å². The second-order valence-corrected chi connectivity index (χ2v) is 7.94. The third-order valence-corrected chi connectivity index (χ3v) is 6.26. The molecule has 0 unspecified atom stereocenters. The molecule has 0 aliphatic carbocycles. The molecule has 7 nitrogen and oxygen atoms in total. The number of piperidine rings is 2. The summed E-state index contributed by atoms with van der Waals surface area (Å²) in [5.41, 5.74) is 1.95. The minimum atomic E-state index is -0.107. The Hall–Kier alpha value is -2.54. The molecule has 1 aromatic carbocycles. The van der Waals surface area contributed by atoms with Gasteiger partial charge in [-0.15, -0.1) is 0 Å². The molecule has 2 aromatic rings. The molecule has 2 aliphatic heterocycles. The van der Waals surface area contributed by atoms with Crippen LogP contribution in [0.5, 0.6) is 11.5 Å². The minimum absolute atomic E-state index is 0.107. The molecule has 0 radical (unpaired) electrons. The number of nitrogens with zero attached hydrogens (tertiary/aromatic N) is 2. The Morgan fingerprint density at radius 2 is 2.03 bits per heavy atom. The largest absolute Gasteiger partial charge is 0.497 e. The van der Waals surface area contributed by atoms with E-state index in [0.717, 1.165) is 12.1 Å². The van der Waals surface area contributed by atoms with Crippen LogP contribution in [0.25, 0.3) is 11.3 Å². The summed E-state index contributed by atoms with van der Waals surface area (Å²) in [5, 5.41) is 10.3. The first kappa shape index (κ1) is 19.8. The molecule has 0 spiro atoms. The molecule has 2 aliphatic rings. The molecule has 2 N–H and O–H groups in total. The molecule has 1 amide bonds. The van der Waals surface area contributed by atoms with Crippen molar-refractivity contribution >= 4 is 5.91 Å². The number of rotatable bonds is 6.